The molecule has 0 aliphatic carbocycles. The largest absolute Gasteiger partial charge is 0.376 e. The summed E-state index contributed by atoms with van der Waals surface area (Å²) < 4.78 is 5.15. The molecule has 0 N–H and O–H groups in total. The monoisotopic (exact) mass is 251 g/mol. The highest BCUT2D eigenvalue weighted by Crippen LogP contribution is 2.12. The number of rotatable bonds is 1. The number of ether oxygens (including phenoxy) is 1. The number of aromatic nitrogens is 1. The number of hydrogen-bond donors (Lipinski definition) is 0. The Labute approximate surface area is 104 Å². The zero-order chi connectivity index (χ0) is 12.3. The number of pyridine rings is 1. The van der Waals surface area contributed by atoms with Gasteiger partial charge in [0.2, 0.25) is 0 Å². The highest BCUT2D eigenvalue weighted by Gasteiger charge is 2.28. The molecule has 0 aromatic carbocycles. The van der Waals surface area contributed by atoms with E-state index in [1.807, 2.05) is 6.07 Å². The molecule has 1 aliphatic heterocycles. The predicted octanol–water partition coefficient (Wildman–Crippen LogP) is 1.10. The first-order valence-electron chi connectivity index (χ1n) is 5.12. The summed E-state index contributed by atoms with van der Waals surface area (Å²) in [7, 11) is 0. The number of carbonyl (C=O) groups excluding carboxylic acids is 1. The third kappa shape index (κ3) is 2.54. The second kappa shape index (κ2) is 5.13. The van der Waals surface area contributed by atoms with Crippen LogP contribution >= 0.6 is 11.6 Å². The number of carbonyl (C=O) groups is 1. The van der Waals surface area contributed by atoms with Gasteiger partial charge in [-0.2, -0.15) is 5.26 Å². The SMILES string of the molecule is N#C[C@H]1COCCN1C(=O)c1ccc(Cl)cn1. The van der Waals surface area contributed by atoms with Gasteiger partial charge in [0.05, 0.1) is 24.3 Å². The third-order valence-electron chi connectivity index (χ3n) is 2.48. The molecule has 0 bridgehead atoms. The van der Waals surface area contributed by atoms with Gasteiger partial charge in [-0.3, -0.25) is 4.79 Å². The summed E-state index contributed by atoms with van der Waals surface area (Å²) >= 11 is 5.70. The van der Waals surface area contributed by atoms with E-state index in [1.54, 1.807) is 12.1 Å². The van der Waals surface area contributed by atoms with E-state index in [-0.39, 0.29) is 18.2 Å². The summed E-state index contributed by atoms with van der Waals surface area (Å²) in [4.78, 5) is 17.5. The van der Waals surface area contributed by atoms with Crippen LogP contribution in [-0.2, 0) is 4.74 Å². The summed E-state index contributed by atoms with van der Waals surface area (Å²) in [6.07, 6.45) is 1.41. The minimum Gasteiger partial charge on any atom is -0.376 e. The van der Waals surface area contributed by atoms with E-state index >= 15 is 0 Å². The highest BCUT2D eigenvalue weighted by atomic mass is 35.5. The van der Waals surface area contributed by atoms with Crippen molar-refractivity contribution in [2.45, 2.75) is 6.04 Å². The van der Waals surface area contributed by atoms with Gasteiger partial charge in [0.1, 0.15) is 11.7 Å². The fourth-order valence-electron chi connectivity index (χ4n) is 1.60. The zero-order valence-electron chi connectivity index (χ0n) is 8.97. The molecule has 0 saturated carbocycles. The quantitative estimate of drug-likeness (QED) is 0.750. The van der Waals surface area contributed by atoms with E-state index in [4.69, 9.17) is 21.6 Å². The number of nitrogens with zero attached hydrogens (tertiary/aromatic N) is 3. The predicted molar refractivity (Wildman–Crippen MR) is 60.5 cm³/mol. The zero-order valence-corrected chi connectivity index (χ0v) is 9.72. The van der Waals surface area contributed by atoms with E-state index in [0.29, 0.717) is 18.2 Å². The van der Waals surface area contributed by atoms with Gasteiger partial charge in [-0.05, 0) is 12.1 Å². The highest BCUT2D eigenvalue weighted by molar-refractivity contribution is 6.30. The average molecular weight is 252 g/mol. The van der Waals surface area contributed by atoms with Crippen LogP contribution in [0.2, 0.25) is 5.02 Å². The molecule has 1 aromatic heterocycles. The summed E-state index contributed by atoms with van der Waals surface area (Å²) in [6, 6.07) is 4.65. The Hall–Kier alpha value is -1.64. The molecule has 1 aliphatic rings. The lowest BCUT2D eigenvalue weighted by atomic mass is 10.2. The molecule has 0 radical (unpaired) electrons. The molecule has 1 amide bonds. The van der Waals surface area contributed by atoms with Crippen molar-refractivity contribution >= 4 is 17.5 Å². The van der Waals surface area contributed by atoms with Crippen molar-refractivity contribution in [1.29, 1.82) is 5.26 Å². The molecule has 5 nitrogen and oxygen atoms in total. The van der Waals surface area contributed by atoms with Gasteiger partial charge in [-0.25, -0.2) is 4.98 Å². The van der Waals surface area contributed by atoms with Crippen molar-refractivity contribution in [2.75, 3.05) is 19.8 Å². The molecule has 2 rings (SSSR count). The Balaban J connectivity index is 2.18. The number of hydrogen-bond acceptors (Lipinski definition) is 4. The molecule has 0 unspecified atom stereocenters. The lowest BCUT2D eigenvalue weighted by molar-refractivity contribution is 0.0129. The van der Waals surface area contributed by atoms with Gasteiger partial charge in [-0.1, -0.05) is 11.6 Å². The number of morpholine rings is 1. The maximum absolute atomic E-state index is 12.1. The van der Waals surface area contributed by atoms with Crippen LogP contribution < -0.4 is 0 Å². The minimum absolute atomic E-state index is 0.246. The Kier molecular flexibility index (Phi) is 3.57. The summed E-state index contributed by atoms with van der Waals surface area (Å²) in [6.45, 7) is 1.09. The molecular formula is C11H10ClN3O2. The normalized spacial score (nSPS) is 19.8. The Morgan fingerprint density at radius 2 is 2.47 bits per heavy atom. The van der Waals surface area contributed by atoms with Crippen molar-refractivity contribution < 1.29 is 9.53 Å². The number of halogens is 1. The van der Waals surface area contributed by atoms with Crippen molar-refractivity contribution in [3.05, 3.63) is 29.0 Å². The number of nitriles is 1. The summed E-state index contributed by atoms with van der Waals surface area (Å²) in [5.41, 5.74) is 0.288. The number of amides is 1. The summed E-state index contributed by atoms with van der Waals surface area (Å²) in [5, 5.41) is 9.41. The van der Waals surface area contributed by atoms with Gasteiger partial charge in [0.25, 0.3) is 5.91 Å². The van der Waals surface area contributed by atoms with Crippen LogP contribution in [0.25, 0.3) is 0 Å². The van der Waals surface area contributed by atoms with Crippen molar-refractivity contribution in [3.8, 4) is 6.07 Å². The maximum Gasteiger partial charge on any atom is 0.273 e. The van der Waals surface area contributed by atoms with Gasteiger partial charge < -0.3 is 9.64 Å². The molecule has 2 heterocycles. The molecule has 1 fully saturated rings. The molecule has 1 saturated heterocycles. The fourth-order valence-corrected chi connectivity index (χ4v) is 1.71. The smallest absolute Gasteiger partial charge is 0.273 e. The fraction of sp³-hybridized carbons (Fsp3) is 0.364. The first-order chi connectivity index (χ1) is 8.22. The van der Waals surface area contributed by atoms with Gasteiger partial charge in [0.15, 0.2) is 0 Å². The Morgan fingerprint density at radius 1 is 1.65 bits per heavy atom. The minimum atomic E-state index is -0.547. The first-order valence-corrected chi connectivity index (χ1v) is 5.50. The van der Waals surface area contributed by atoms with Crippen LogP contribution in [0.5, 0.6) is 0 Å². The van der Waals surface area contributed by atoms with Crippen molar-refractivity contribution in [3.63, 3.8) is 0 Å². The molecular weight excluding hydrogens is 242 g/mol. The van der Waals surface area contributed by atoms with Crippen molar-refractivity contribution in [1.82, 2.24) is 9.88 Å². The molecule has 1 atom stereocenters. The lowest BCUT2D eigenvalue weighted by Crippen LogP contribution is -2.48. The van der Waals surface area contributed by atoms with Crippen LogP contribution in [0.3, 0.4) is 0 Å². The lowest BCUT2D eigenvalue weighted by Gasteiger charge is -2.30. The molecule has 0 spiro atoms. The maximum atomic E-state index is 12.1. The third-order valence-corrected chi connectivity index (χ3v) is 2.71. The molecule has 88 valence electrons. The molecule has 6 heteroatoms. The van der Waals surface area contributed by atoms with Crippen LogP contribution in [0, 0.1) is 11.3 Å². The van der Waals surface area contributed by atoms with Crippen LogP contribution in [0.15, 0.2) is 18.3 Å². The van der Waals surface area contributed by atoms with Gasteiger partial charge in [-0.15, -0.1) is 0 Å². The molecule has 17 heavy (non-hydrogen) atoms. The second-order valence-electron chi connectivity index (χ2n) is 3.58. The first kappa shape index (κ1) is 11.8. The van der Waals surface area contributed by atoms with Gasteiger partial charge in [0, 0.05) is 12.7 Å². The van der Waals surface area contributed by atoms with E-state index in [1.165, 1.54) is 11.1 Å². The van der Waals surface area contributed by atoms with Crippen LogP contribution in [-0.4, -0.2) is 41.6 Å². The Morgan fingerprint density at radius 3 is 3.12 bits per heavy atom. The van der Waals surface area contributed by atoms with E-state index in [2.05, 4.69) is 4.98 Å². The summed E-state index contributed by atoms with van der Waals surface area (Å²) in [5.74, 6) is -0.267. The van der Waals surface area contributed by atoms with E-state index in [0.717, 1.165) is 0 Å². The average Bonchev–Trinajstić information content (AvgIpc) is 2.39. The standard InChI is InChI=1S/C11H10ClN3O2/c12-8-1-2-10(14-6-8)11(16)15-3-4-17-7-9(15)5-13/h1-2,6,9H,3-4,7H2/t9-/m0/s1. The van der Waals surface area contributed by atoms with Gasteiger partial charge >= 0.3 is 0 Å². The van der Waals surface area contributed by atoms with E-state index in [9.17, 15) is 4.79 Å². The Bertz CT molecular complexity index is 455. The van der Waals surface area contributed by atoms with E-state index < -0.39 is 6.04 Å². The van der Waals surface area contributed by atoms with Crippen LogP contribution in [0.1, 0.15) is 10.5 Å². The van der Waals surface area contributed by atoms with Crippen molar-refractivity contribution in [2.24, 2.45) is 0 Å². The molecule has 1 aromatic rings. The van der Waals surface area contributed by atoms with Crippen LogP contribution in [0.4, 0.5) is 0 Å². The second-order valence-corrected chi connectivity index (χ2v) is 4.02. The topological polar surface area (TPSA) is 66.2 Å².